The second-order valence-electron chi connectivity index (χ2n) is 3.24. The lowest BCUT2D eigenvalue weighted by molar-refractivity contribution is 0.0379. The zero-order chi connectivity index (χ0) is 12.5. The molecule has 16 heavy (non-hydrogen) atoms. The summed E-state index contributed by atoms with van der Waals surface area (Å²) in [5.74, 6) is -1.93. The summed E-state index contributed by atoms with van der Waals surface area (Å²) in [5.41, 5.74) is 0. The molecule has 0 unspecified atom stereocenters. The molecule has 0 aliphatic heterocycles. The Morgan fingerprint density at radius 1 is 1.56 bits per heavy atom. The Kier molecular flexibility index (Phi) is 3.66. The van der Waals surface area contributed by atoms with Crippen molar-refractivity contribution in [2.24, 2.45) is 5.14 Å². The molecule has 90 valence electrons. The number of halogens is 1. The number of rotatable bonds is 3. The summed E-state index contributed by atoms with van der Waals surface area (Å²) in [4.78, 5) is 10.3. The van der Waals surface area contributed by atoms with E-state index in [1.54, 1.807) is 13.8 Å². The molecule has 0 amide bonds. The van der Waals surface area contributed by atoms with Crippen molar-refractivity contribution >= 4 is 27.3 Å². The Labute approximate surface area is 96.1 Å². The van der Waals surface area contributed by atoms with E-state index in [9.17, 15) is 17.6 Å². The molecular formula is C8H10FNO4S2. The van der Waals surface area contributed by atoms with Gasteiger partial charge in [0.05, 0.1) is 6.10 Å². The first-order valence-electron chi connectivity index (χ1n) is 4.24. The summed E-state index contributed by atoms with van der Waals surface area (Å²) in [5, 5.41) is 5.70. The number of carbonyl (C=O) groups excluding carboxylic acids is 1. The monoisotopic (exact) mass is 267 g/mol. The largest absolute Gasteiger partial charge is 0.459 e. The summed E-state index contributed by atoms with van der Waals surface area (Å²) in [7, 11) is -4.27. The van der Waals surface area contributed by atoms with Gasteiger partial charge in [-0.3, -0.25) is 0 Å². The summed E-state index contributed by atoms with van der Waals surface area (Å²) in [6, 6.07) is 0. The first-order chi connectivity index (χ1) is 7.23. The fraction of sp³-hybridized carbons (Fsp3) is 0.375. The number of hydrogen-bond acceptors (Lipinski definition) is 5. The number of ether oxygens (including phenoxy) is 1. The third kappa shape index (κ3) is 2.77. The molecule has 5 nitrogen and oxygen atoms in total. The fourth-order valence-corrected chi connectivity index (χ4v) is 2.93. The maximum absolute atomic E-state index is 13.1. The van der Waals surface area contributed by atoms with Gasteiger partial charge in [-0.2, -0.15) is 0 Å². The Morgan fingerprint density at radius 2 is 2.12 bits per heavy atom. The predicted molar refractivity (Wildman–Crippen MR) is 56.2 cm³/mol. The highest BCUT2D eigenvalue weighted by molar-refractivity contribution is 7.89. The molecule has 0 bridgehead atoms. The van der Waals surface area contributed by atoms with E-state index in [0.717, 1.165) is 5.38 Å². The van der Waals surface area contributed by atoms with Gasteiger partial charge in [-0.1, -0.05) is 0 Å². The maximum atomic E-state index is 13.1. The van der Waals surface area contributed by atoms with Crippen LogP contribution in [-0.4, -0.2) is 20.5 Å². The zero-order valence-electron chi connectivity index (χ0n) is 8.56. The van der Waals surface area contributed by atoms with E-state index in [4.69, 9.17) is 9.88 Å². The zero-order valence-corrected chi connectivity index (χ0v) is 10.2. The van der Waals surface area contributed by atoms with E-state index in [0.29, 0.717) is 11.3 Å². The third-order valence-corrected chi connectivity index (χ3v) is 3.54. The van der Waals surface area contributed by atoms with Crippen LogP contribution in [0, 0.1) is 5.82 Å². The van der Waals surface area contributed by atoms with Crippen LogP contribution >= 0.6 is 11.3 Å². The molecule has 0 aliphatic carbocycles. The molecule has 2 N–H and O–H groups in total. The van der Waals surface area contributed by atoms with Crippen LogP contribution < -0.4 is 5.14 Å². The minimum Gasteiger partial charge on any atom is -0.459 e. The molecule has 0 saturated carbocycles. The van der Waals surface area contributed by atoms with E-state index >= 15 is 0 Å². The van der Waals surface area contributed by atoms with E-state index in [1.165, 1.54) is 0 Å². The topological polar surface area (TPSA) is 86.5 Å². The van der Waals surface area contributed by atoms with E-state index in [-0.39, 0.29) is 4.88 Å². The number of hydrogen-bond donors (Lipinski definition) is 1. The van der Waals surface area contributed by atoms with Crippen molar-refractivity contribution in [3.05, 3.63) is 16.1 Å². The molecular weight excluding hydrogens is 257 g/mol. The highest BCUT2D eigenvalue weighted by Crippen LogP contribution is 2.26. The maximum Gasteiger partial charge on any atom is 0.350 e. The molecule has 0 atom stereocenters. The van der Waals surface area contributed by atoms with Crippen LogP contribution in [0.15, 0.2) is 10.3 Å². The Hall–Kier alpha value is -0.990. The molecule has 0 saturated heterocycles. The van der Waals surface area contributed by atoms with Gasteiger partial charge in [-0.15, -0.1) is 11.3 Å². The Balaban J connectivity index is 3.22. The number of primary sulfonamides is 1. The number of sulfonamides is 1. The lowest BCUT2D eigenvalue weighted by Crippen LogP contribution is -2.18. The molecule has 0 aromatic carbocycles. The van der Waals surface area contributed by atoms with Crippen molar-refractivity contribution in [2.45, 2.75) is 24.8 Å². The van der Waals surface area contributed by atoms with Crippen LogP contribution in [0.1, 0.15) is 23.5 Å². The van der Waals surface area contributed by atoms with Gasteiger partial charge >= 0.3 is 5.97 Å². The first-order valence-corrected chi connectivity index (χ1v) is 6.67. The normalized spacial score (nSPS) is 11.8. The van der Waals surface area contributed by atoms with Gasteiger partial charge in [0.2, 0.25) is 10.0 Å². The Morgan fingerprint density at radius 3 is 2.56 bits per heavy atom. The number of carbonyl (C=O) groups is 1. The SMILES string of the molecule is CC(C)OC(=O)c1scc(F)c1S(N)(=O)=O. The summed E-state index contributed by atoms with van der Waals surface area (Å²) in [6.07, 6.45) is -0.425. The Bertz CT molecular complexity index is 506. The second kappa shape index (κ2) is 4.48. The third-order valence-electron chi connectivity index (χ3n) is 1.52. The lowest BCUT2D eigenvalue weighted by atomic mass is 10.4. The summed E-state index contributed by atoms with van der Waals surface area (Å²) >= 11 is 0.644. The quantitative estimate of drug-likeness (QED) is 0.831. The van der Waals surface area contributed by atoms with Crippen molar-refractivity contribution < 1.29 is 22.3 Å². The van der Waals surface area contributed by atoms with Crippen molar-refractivity contribution in [3.8, 4) is 0 Å². The molecule has 0 spiro atoms. The lowest BCUT2D eigenvalue weighted by Gasteiger charge is -2.07. The van der Waals surface area contributed by atoms with Gasteiger partial charge in [-0.25, -0.2) is 22.7 Å². The molecule has 1 rings (SSSR count). The smallest absolute Gasteiger partial charge is 0.350 e. The van der Waals surface area contributed by atoms with Gasteiger partial charge in [0.15, 0.2) is 5.82 Å². The average molecular weight is 267 g/mol. The highest BCUT2D eigenvalue weighted by atomic mass is 32.2. The van der Waals surface area contributed by atoms with Crippen LogP contribution in [-0.2, 0) is 14.8 Å². The van der Waals surface area contributed by atoms with Crippen LogP contribution in [0.2, 0.25) is 0 Å². The highest BCUT2D eigenvalue weighted by Gasteiger charge is 2.27. The number of nitrogens with two attached hydrogens (primary N) is 1. The number of esters is 1. The van der Waals surface area contributed by atoms with Crippen LogP contribution in [0.4, 0.5) is 4.39 Å². The first kappa shape index (κ1) is 13.1. The molecule has 8 heteroatoms. The fourth-order valence-electron chi connectivity index (χ4n) is 1.000. The summed E-state index contributed by atoms with van der Waals surface area (Å²) < 4.78 is 40.0. The van der Waals surface area contributed by atoms with Crippen molar-refractivity contribution in [1.29, 1.82) is 0 Å². The van der Waals surface area contributed by atoms with Crippen LogP contribution in [0.3, 0.4) is 0 Å². The van der Waals surface area contributed by atoms with E-state index in [1.807, 2.05) is 0 Å². The molecule has 0 aliphatic rings. The van der Waals surface area contributed by atoms with Gasteiger partial charge < -0.3 is 4.74 Å². The molecule has 1 aromatic heterocycles. The summed E-state index contributed by atoms with van der Waals surface area (Å²) in [6.45, 7) is 3.19. The average Bonchev–Trinajstić information content (AvgIpc) is 2.44. The number of thiophene rings is 1. The molecule has 0 radical (unpaired) electrons. The molecule has 1 aromatic rings. The molecule has 1 heterocycles. The van der Waals surface area contributed by atoms with E-state index < -0.39 is 32.8 Å². The second-order valence-corrected chi connectivity index (χ2v) is 5.62. The van der Waals surface area contributed by atoms with Crippen molar-refractivity contribution in [1.82, 2.24) is 0 Å². The minimum atomic E-state index is -4.27. The van der Waals surface area contributed by atoms with Crippen LogP contribution in [0.25, 0.3) is 0 Å². The van der Waals surface area contributed by atoms with Crippen LogP contribution in [0.5, 0.6) is 0 Å². The predicted octanol–water partition coefficient (Wildman–Crippen LogP) is 1.10. The van der Waals surface area contributed by atoms with Gasteiger partial charge in [0.25, 0.3) is 0 Å². The van der Waals surface area contributed by atoms with Crippen molar-refractivity contribution in [3.63, 3.8) is 0 Å². The van der Waals surface area contributed by atoms with E-state index in [2.05, 4.69) is 0 Å². The minimum absolute atomic E-state index is 0.339. The molecule has 0 fully saturated rings. The standard InChI is InChI=1S/C8H10FNO4S2/c1-4(2)14-8(11)6-7(16(10,12)13)5(9)3-15-6/h3-4H,1-2H3,(H2,10,12,13). The van der Waals surface area contributed by atoms with Gasteiger partial charge in [0, 0.05) is 5.38 Å². The van der Waals surface area contributed by atoms with Gasteiger partial charge in [0.1, 0.15) is 9.77 Å². The van der Waals surface area contributed by atoms with Crippen molar-refractivity contribution in [2.75, 3.05) is 0 Å². The van der Waals surface area contributed by atoms with Gasteiger partial charge in [-0.05, 0) is 13.8 Å².